The lowest BCUT2D eigenvalue weighted by Gasteiger charge is -2.20. The molecule has 2 N–H and O–H groups in total. The van der Waals surface area contributed by atoms with Crippen LogP contribution < -0.4 is 5.32 Å². The highest BCUT2D eigenvalue weighted by molar-refractivity contribution is 9.10. The maximum atomic E-state index is 10.8. The van der Waals surface area contributed by atoms with Crippen molar-refractivity contribution in [1.82, 2.24) is 5.32 Å². The molecule has 0 atom stereocenters. The summed E-state index contributed by atoms with van der Waals surface area (Å²) in [4.78, 5) is 10.8. The Morgan fingerprint density at radius 1 is 1.50 bits per heavy atom. The third kappa shape index (κ3) is 3.94. The van der Waals surface area contributed by atoms with Gasteiger partial charge in [0.25, 0.3) is 0 Å². The maximum Gasteiger partial charge on any atom is 0.323 e. The molecule has 3 nitrogen and oxygen atoms in total. The van der Waals surface area contributed by atoms with Crippen molar-refractivity contribution in [1.29, 1.82) is 0 Å². The Morgan fingerprint density at radius 2 is 2.19 bits per heavy atom. The number of hydrogen-bond acceptors (Lipinski definition) is 2. The number of aliphatic carboxylic acids is 1. The molecule has 0 amide bonds. The Balaban J connectivity index is 2.45. The van der Waals surface area contributed by atoms with Gasteiger partial charge in [-0.05, 0) is 38.0 Å². The second-order valence-corrected chi connectivity index (χ2v) is 5.15. The summed E-state index contributed by atoms with van der Waals surface area (Å²) < 4.78 is 1.04. The van der Waals surface area contributed by atoms with Crippen molar-refractivity contribution in [2.75, 3.05) is 6.54 Å². The highest BCUT2D eigenvalue weighted by Crippen LogP contribution is 2.12. The molecule has 0 aliphatic rings. The summed E-state index contributed by atoms with van der Waals surface area (Å²) >= 11 is 3.40. The predicted molar refractivity (Wildman–Crippen MR) is 67.6 cm³/mol. The summed E-state index contributed by atoms with van der Waals surface area (Å²) in [7, 11) is 0. The van der Waals surface area contributed by atoms with Crippen molar-refractivity contribution in [3.05, 3.63) is 34.3 Å². The van der Waals surface area contributed by atoms with E-state index in [1.54, 1.807) is 13.8 Å². The Morgan fingerprint density at radius 3 is 2.75 bits per heavy atom. The van der Waals surface area contributed by atoms with Crippen LogP contribution in [0.2, 0.25) is 0 Å². The first kappa shape index (κ1) is 13.2. The molecule has 0 saturated carbocycles. The molecule has 0 aliphatic carbocycles. The van der Waals surface area contributed by atoms with Crippen molar-refractivity contribution in [3.63, 3.8) is 0 Å². The van der Waals surface area contributed by atoms with E-state index in [4.69, 9.17) is 5.11 Å². The first-order chi connectivity index (χ1) is 7.42. The van der Waals surface area contributed by atoms with Gasteiger partial charge in [0.15, 0.2) is 0 Å². The minimum absolute atomic E-state index is 0.649. The lowest BCUT2D eigenvalue weighted by atomic mass is 10.1. The normalized spacial score (nSPS) is 11.4. The first-order valence-electron chi connectivity index (χ1n) is 5.15. The van der Waals surface area contributed by atoms with Crippen molar-refractivity contribution >= 4 is 21.9 Å². The Labute approximate surface area is 104 Å². The van der Waals surface area contributed by atoms with Crippen molar-refractivity contribution in [2.45, 2.75) is 25.8 Å². The number of carbonyl (C=O) groups is 1. The molecule has 0 fully saturated rings. The number of carboxylic acids is 1. The van der Waals surface area contributed by atoms with Crippen molar-refractivity contribution in [3.8, 4) is 0 Å². The minimum atomic E-state index is -0.869. The van der Waals surface area contributed by atoms with E-state index in [0.29, 0.717) is 6.54 Å². The van der Waals surface area contributed by atoms with E-state index in [-0.39, 0.29) is 0 Å². The van der Waals surface area contributed by atoms with E-state index in [2.05, 4.69) is 21.2 Å². The van der Waals surface area contributed by atoms with Gasteiger partial charge in [-0.2, -0.15) is 0 Å². The molecule has 0 bridgehead atoms. The predicted octanol–water partition coefficient (Wildman–Crippen LogP) is 2.44. The van der Waals surface area contributed by atoms with Crippen LogP contribution in [-0.2, 0) is 11.2 Å². The fourth-order valence-corrected chi connectivity index (χ4v) is 1.73. The zero-order valence-corrected chi connectivity index (χ0v) is 11.0. The van der Waals surface area contributed by atoms with Crippen LogP contribution in [0.4, 0.5) is 0 Å². The number of benzene rings is 1. The summed E-state index contributed by atoms with van der Waals surface area (Å²) in [6, 6.07) is 8.01. The lowest BCUT2D eigenvalue weighted by Crippen LogP contribution is -2.47. The van der Waals surface area contributed by atoms with E-state index in [9.17, 15) is 4.79 Å². The number of carboxylic acid groups (broad SMARTS) is 1. The van der Waals surface area contributed by atoms with Gasteiger partial charge in [0.05, 0.1) is 0 Å². The summed E-state index contributed by atoms with van der Waals surface area (Å²) in [5.74, 6) is -0.832. The van der Waals surface area contributed by atoms with Gasteiger partial charge in [0, 0.05) is 11.0 Å². The van der Waals surface area contributed by atoms with E-state index in [1.165, 1.54) is 5.56 Å². The highest BCUT2D eigenvalue weighted by atomic mass is 79.9. The number of hydrogen-bond donors (Lipinski definition) is 2. The summed E-state index contributed by atoms with van der Waals surface area (Å²) in [5, 5.41) is 11.9. The fraction of sp³-hybridized carbons (Fsp3) is 0.417. The van der Waals surface area contributed by atoms with E-state index < -0.39 is 11.5 Å². The molecule has 88 valence electrons. The molecular formula is C12H16BrNO2. The monoisotopic (exact) mass is 285 g/mol. The highest BCUT2D eigenvalue weighted by Gasteiger charge is 2.25. The molecule has 1 aromatic rings. The van der Waals surface area contributed by atoms with Gasteiger partial charge in [0.2, 0.25) is 0 Å². The molecule has 0 heterocycles. The van der Waals surface area contributed by atoms with Crippen LogP contribution in [0.3, 0.4) is 0 Å². The molecule has 1 aromatic carbocycles. The quantitative estimate of drug-likeness (QED) is 0.874. The fourth-order valence-electron chi connectivity index (χ4n) is 1.29. The molecular weight excluding hydrogens is 270 g/mol. The standard InChI is InChI=1S/C12H16BrNO2/c1-12(2,11(15)16)14-7-6-9-4-3-5-10(13)8-9/h3-5,8,14H,6-7H2,1-2H3,(H,15,16). The Bertz CT molecular complexity index is 377. The SMILES string of the molecule is CC(C)(NCCc1cccc(Br)c1)C(=O)O. The number of halogens is 1. The van der Waals surface area contributed by atoms with Crippen molar-refractivity contribution < 1.29 is 9.90 Å². The van der Waals surface area contributed by atoms with Crippen LogP contribution in [0, 0.1) is 0 Å². The molecule has 4 heteroatoms. The summed E-state index contributed by atoms with van der Waals surface area (Å²) in [5.41, 5.74) is 0.314. The van der Waals surface area contributed by atoms with Gasteiger partial charge >= 0.3 is 5.97 Å². The number of nitrogens with one attached hydrogen (secondary N) is 1. The van der Waals surface area contributed by atoms with Crippen LogP contribution in [0.1, 0.15) is 19.4 Å². The van der Waals surface area contributed by atoms with Gasteiger partial charge < -0.3 is 10.4 Å². The first-order valence-corrected chi connectivity index (χ1v) is 5.94. The molecule has 0 aromatic heterocycles. The third-order valence-corrected chi connectivity index (χ3v) is 2.90. The van der Waals surface area contributed by atoms with Gasteiger partial charge in [-0.25, -0.2) is 0 Å². The average molecular weight is 286 g/mol. The van der Waals surface area contributed by atoms with Gasteiger partial charge in [-0.15, -0.1) is 0 Å². The minimum Gasteiger partial charge on any atom is -0.480 e. The van der Waals surface area contributed by atoms with Gasteiger partial charge in [-0.3, -0.25) is 4.79 Å². The maximum absolute atomic E-state index is 10.8. The van der Waals surface area contributed by atoms with Crippen LogP contribution in [0.25, 0.3) is 0 Å². The molecule has 0 spiro atoms. The van der Waals surface area contributed by atoms with Gasteiger partial charge in [0.1, 0.15) is 5.54 Å². The van der Waals surface area contributed by atoms with Crippen molar-refractivity contribution in [2.24, 2.45) is 0 Å². The Hall–Kier alpha value is -0.870. The molecule has 0 unspecified atom stereocenters. The average Bonchev–Trinajstić information content (AvgIpc) is 2.17. The molecule has 0 saturated heterocycles. The Kier molecular flexibility index (Phi) is 4.50. The smallest absolute Gasteiger partial charge is 0.323 e. The number of rotatable bonds is 5. The van der Waals surface area contributed by atoms with Gasteiger partial charge in [-0.1, -0.05) is 28.1 Å². The van der Waals surface area contributed by atoms with Crippen LogP contribution in [0.15, 0.2) is 28.7 Å². The largest absolute Gasteiger partial charge is 0.480 e. The topological polar surface area (TPSA) is 49.3 Å². The molecule has 0 aliphatic heterocycles. The van der Waals surface area contributed by atoms with E-state index in [1.807, 2.05) is 24.3 Å². The summed E-state index contributed by atoms with van der Waals surface area (Å²) in [6.45, 7) is 3.97. The van der Waals surface area contributed by atoms with Crippen LogP contribution >= 0.6 is 15.9 Å². The van der Waals surface area contributed by atoms with Crippen LogP contribution in [0.5, 0.6) is 0 Å². The summed E-state index contributed by atoms with van der Waals surface area (Å²) in [6.07, 6.45) is 0.816. The third-order valence-electron chi connectivity index (χ3n) is 2.40. The molecule has 1 rings (SSSR count). The second kappa shape index (κ2) is 5.46. The second-order valence-electron chi connectivity index (χ2n) is 4.24. The van der Waals surface area contributed by atoms with E-state index >= 15 is 0 Å². The van der Waals surface area contributed by atoms with E-state index in [0.717, 1.165) is 10.9 Å². The zero-order valence-electron chi connectivity index (χ0n) is 9.46. The zero-order chi connectivity index (χ0) is 12.2. The molecule has 0 radical (unpaired) electrons. The van der Waals surface area contributed by atoms with Crippen LogP contribution in [-0.4, -0.2) is 23.2 Å². The lowest BCUT2D eigenvalue weighted by molar-refractivity contribution is -0.143. The molecule has 16 heavy (non-hydrogen) atoms.